The highest BCUT2D eigenvalue weighted by atomic mass is 16.3. The first-order valence-electron chi connectivity index (χ1n) is 10.3. The molecule has 0 rings (SSSR count). The van der Waals surface area contributed by atoms with Gasteiger partial charge >= 0.3 is 0 Å². The Hall–Kier alpha value is -0.610. The largest absolute Gasteiger partial charge is 0.395 e. The predicted molar refractivity (Wildman–Crippen MR) is 101 cm³/mol. The lowest BCUT2D eigenvalue weighted by Crippen LogP contribution is -2.35. The SMILES string of the molecule is CCCCCCCCCCCCCCCC(=O)N(CCO)CCO. The zero-order valence-electron chi connectivity index (χ0n) is 16.0. The Morgan fingerprint density at radius 1 is 0.667 bits per heavy atom. The summed E-state index contributed by atoms with van der Waals surface area (Å²) in [6.45, 7) is 2.85. The van der Waals surface area contributed by atoms with E-state index in [9.17, 15) is 4.79 Å². The highest BCUT2D eigenvalue weighted by Gasteiger charge is 2.11. The number of aliphatic hydroxyl groups is 2. The summed E-state index contributed by atoms with van der Waals surface area (Å²) in [5.41, 5.74) is 0. The molecule has 0 saturated heterocycles. The van der Waals surface area contributed by atoms with Crippen LogP contribution in [-0.2, 0) is 4.79 Å². The molecule has 0 aromatic heterocycles. The van der Waals surface area contributed by atoms with Gasteiger partial charge in [-0.3, -0.25) is 4.79 Å². The van der Waals surface area contributed by atoms with Crippen molar-refractivity contribution in [3.05, 3.63) is 0 Å². The lowest BCUT2D eigenvalue weighted by molar-refractivity contribution is -0.132. The van der Waals surface area contributed by atoms with Crippen LogP contribution < -0.4 is 0 Å². The molecule has 0 aliphatic heterocycles. The average molecular weight is 344 g/mol. The summed E-state index contributed by atoms with van der Waals surface area (Å²) in [6, 6.07) is 0. The second-order valence-electron chi connectivity index (χ2n) is 6.82. The monoisotopic (exact) mass is 343 g/mol. The van der Waals surface area contributed by atoms with Gasteiger partial charge in [0.05, 0.1) is 13.2 Å². The van der Waals surface area contributed by atoms with Crippen LogP contribution in [0.1, 0.15) is 96.8 Å². The Morgan fingerprint density at radius 3 is 1.42 bits per heavy atom. The molecule has 0 aromatic rings. The van der Waals surface area contributed by atoms with Crippen LogP contribution in [0.25, 0.3) is 0 Å². The van der Waals surface area contributed by atoms with E-state index in [0.29, 0.717) is 19.5 Å². The fourth-order valence-corrected chi connectivity index (χ4v) is 3.05. The molecule has 4 heteroatoms. The second kappa shape index (κ2) is 18.7. The van der Waals surface area contributed by atoms with Crippen LogP contribution in [0.3, 0.4) is 0 Å². The summed E-state index contributed by atoms with van der Waals surface area (Å²) >= 11 is 0. The minimum atomic E-state index is -0.0374. The van der Waals surface area contributed by atoms with Crippen molar-refractivity contribution >= 4 is 5.91 Å². The molecule has 24 heavy (non-hydrogen) atoms. The molecule has 144 valence electrons. The van der Waals surface area contributed by atoms with Crippen LogP contribution in [0, 0.1) is 0 Å². The van der Waals surface area contributed by atoms with E-state index in [-0.39, 0.29) is 19.1 Å². The second-order valence-corrected chi connectivity index (χ2v) is 6.82. The van der Waals surface area contributed by atoms with E-state index in [0.717, 1.165) is 12.8 Å². The number of aliphatic hydroxyl groups excluding tert-OH is 2. The van der Waals surface area contributed by atoms with Gasteiger partial charge in [0.1, 0.15) is 0 Å². The van der Waals surface area contributed by atoms with Crippen LogP contribution >= 0.6 is 0 Å². The standard InChI is InChI=1S/C20H41NO3/c1-2-3-4-5-6-7-8-9-10-11-12-13-14-15-20(24)21(16-18-22)17-19-23/h22-23H,2-19H2,1H3. The lowest BCUT2D eigenvalue weighted by atomic mass is 10.0. The van der Waals surface area contributed by atoms with Crippen LogP contribution in [0.5, 0.6) is 0 Å². The van der Waals surface area contributed by atoms with Crippen molar-refractivity contribution in [3.8, 4) is 0 Å². The van der Waals surface area contributed by atoms with Gasteiger partial charge in [-0.25, -0.2) is 0 Å². The molecule has 0 spiro atoms. The topological polar surface area (TPSA) is 60.8 Å². The molecule has 0 atom stereocenters. The number of hydrogen-bond acceptors (Lipinski definition) is 3. The average Bonchev–Trinajstić information content (AvgIpc) is 2.58. The smallest absolute Gasteiger partial charge is 0.222 e. The fraction of sp³-hybridized carbons (Fsp3) is 0.950. The Kier molecular flexibility index (Phi) is 18.2. The zero-order valence-corrected chi connectivity index (χ0v) is 16.0. The molecule has 2 N–H and O–H groups in total. The van der Waals surface area contributed by atoms with Gasteiger partial charge in [-0.05, 0) is 6.42 Å². The number of rotatable bonds is 18. The van der Waals surface area contributed by atoms with E-state index in [1.807, 2.05) is 0 Å². The van der Waals surface area contributed by atoms with Gasteiger partial charge in [0.2, 0.25) is 5.91 Å². The molecule has 1 amide bonds. The Bertz CT molecular complexity index is 266. The number of hydrogen-bond donors (Lipinski definition) is 2. The molecular weight excluding hydrogens is 302 g/mol. The molecule has 0 aliphatic carbocycles. The van der Waals surface area contributed by atoms with Crippen molar-refractivity contribution in [1.29, 1.82) is 0 Å². The van der Waals surface area contributed by atoms with Gasteiger partial charge in [0, 0.05) is 19.5 Å². The number of unbranched alkanes of at least 4 members (excludes halogenated alkanes) is 12. The minimum Gasteiger partial charge on any atom is -0.395 e. The van der Waals surface area contributed by atoms with E-state index in [1.54, 1.807) is 4.90 Å². The Balaban J connectivity index is 3.33. The van der Waals surface area contributed by atoms with Crippen molar-refractivity contribution in [1.82, 2.24) is 4.90 Å². The van der Waals surface area contributed by atoms with Crippen LogP contribution in [0.2, 0.25) is 0 Å². The lowest BCUT2D eigenvalue weighted by Gasteiger charge is -2.20. The third-order valence-electron chi connectivity index (χ3n) is 4.59. The highest BCUT2D eigenvalue weighted by Crippen LogP contribution is 2.13. The minimum absolute atomic E-state index is 0.0374. The third kappa shape index (κ3) is 14.9. The van der Waals surface area contributed by atoms with Gasteiger partial charge in [0.15, 0.2) is 0 Å². The number of carbonyl (C=O) groups excluding carboxylic acids is 1. The van der Waals surface area contributed by atoms with Crippen molar-refractivity contribution in [2.75, 3.05) is 26.3 Å². The van der Waals surface area contributed by atoms with Crippen molar-refractivity contribution in [2.24, 2.45) is 0 Å². The maximum atomic E-state index is 11.9. The number of nitrogens with zero attached hydrogens (tertiary/aromatic N) is 1. The maximum absolute atomic E-state index is 11.9. The molecule has 0 fully saturated rings. The number of amides is 1. The molecule has 0 aromatic carbocycles. The summed E-state index contributed by atoms with van der Waals surface area (Å²) in [7, 11) is 0. The van der Waals surface area contributed by atoms with E-state index >= 15 is 0 Å². The molecule has 0 radical (unpaired) electrons. The normalized spacial score (nSPS) is 11.0. The van der Waals surface area contributed by atoms with E-state index in [1.165, 1.54) is 70.6 Å². The van der Waals surface area contributed by atoms with E-state index < -0.39 is 0 Å². The first-order valence-corrected chi connectivity index (χ1v) is 10.3. The van der Waals surface area contributed by atoms with E-state index in [4.69, 9.17) is 10.2 Å². The molecule has 0 unspecified atom stereocenters. The van der Waals surface area contributed by atoms with Crippen molar-refractivity contribution < 1.29 is 15.0 Å². The first kappa shape index (κ1) is 23.4. The van der Waals surface area contributed by atoms with Gasteiger partial charge in [-0.15, -0.1) is 0 Å². The molecule has 0 bridgehead atoms. The van der Waals surface area contributed by atoms with Gasteiger partial charge in [-0.2, -0.15) is 0 Å². The summed E-state index contributed by atoms with van der Waals surface area (Å²) in [4.78, 5) is 13.5. The maximum Gasteiger partial charge on any atom is 0.222 e. The predicted octanol–water partition coefficient (Wildman–Crippen LogP) is 4.28. The number of carbonyl (C=O) groups is 1. The summed E-state index contributed by atoms with van der Waals surface area (Å²) in [5.74, 6) is 0.0566. The molecule has 0 aliphatic rings. The summed E-state index contributed by atoms with van der Waals surface area (Å²) < 4.78 is 0. The molecule has 0 heterocycles. The summed E-state index contributed by atoms with van der Waals surface area (Å²) in [6.07, 6.45) is 17.4. The van der Waals surface area contributed by atoms with Crippen LogP contribution in [0.15, 0.2) is 0 Å². The van der Waals surface area contributed by atoms with Crippen molar-refractivity contribution in [3.63, 3.8) is 0 Å². The molecular formula is C20H41NO3. The zero-order chi connectivity index (χ0) is 17.9. The van der Waals surface area contributed by atoms with Crippen LogP contribution in [0.4, 0.5) is 0 Å². The Labute approximate surface area is 149 Å². The van der Waals surface area contributed by atoms with Gasteiger partial charge in [-0.1, -0.05) is 84.0 Å². The molecule has 4 nitrogen and oxygen atoms in total. The highest BCUT2D eigenvalue weighted by molar-refractivity contribution is 5.76. The quantitative estimate of drug-likeness (QED) is 0.365. The molecule has 0 saturated carbocycles. The van der Waals surface area contributed by atoms with Crippen molar-refractivity contribution in [2.45, 2.75) is 96.8 Å². The first-order chi connectivity index (χ1) is 11.8. The Morgan fingerprint density at radius 2 is 1.04 bits per heavy atom. The third-order valence-corrected chi connectivity index (χ3v) is 4.59. The van der Waals surface area contributed by atoms with Gasteiger partial charge < -0.3 is 15.1 Å². The van der Waals surface area contributed by atoms with Gasteiger partial charge in [0.25, 0.3) is 0 Å². The summed E-state index contributed by atoms with van der Waals surface area (Å²) in [5, 5.41) is 17.8. The fourth-order valence-electron chi connectivity index (χ4n) is 3.05. The van der Waals surface area contributed by atoms with E-state index in [2.05, 4.69) is 6.92 Å². The van der Waals surface area contributed by atoms with Crippen LogP contribution in [-0.4, -0.2) is 47.3 Å².